The summed E-state index contributed by atoms with van der Waals surface area (Å²) in [4.78, 5) is 10.4. The van der Waals surface area contributed by atoms with E-state index in [0.29, 0.717) is 0 Å². The smallest absolute Gasteiger partial charge is 0.481 e. The molecule has 0 aliphatic heterocycles. The minimum Gasteiger partial charge on any atom is -0.481 e. The summed E-state index contributed by atoms with van der Waals surface area (Å²) in [7, 11) is 0. The number of nitrogens with zero attached hydrogens (tertiary/aromatic N) is 1. The molecule has 4 nitrogen and oxygen atoms in total. The largest absolute Gasteiger partial charge is 0.573 e. The van der Waals surface area contributed by atoms with Crippen LogP contribution in [0.2, 0.25) is 0 Å². The summed E-state index contributed by atoms with van der Waals surface area (Å²) in [5, 5.41) is 17.1. The summed E-state index contributed by atoms with van der Waals surface area (Å²) in [6.07, 6.45) is -5.37. The predicted octanol–water partition coefficient (Wildman–Crippen LogP) is 2.08. The molecule has 90 valence electrons. The van der Waals surface area contributed by atoms with E-state index in [1.807, 2.05) is 0 Å². The summed E-state index contributed by atoms with van der Waals surface area (Å²) in [5.74, 6) is -1.88. The molecule has 0 bridgehead atoms. The number of aliphatic carboxylic acids is 1. The zero-order valence-corrected chi connectivity index (χ0v) is 8.28. The predicted molar refractivity (Wildman–Crippen MR) is 49.2 cm³/mol. The van der Waals surface area contributed by atoms with Crippen molar-refractivity contribution in [1.82, 2.24) is 0 Å². The molecule has 1 aromatic rings. The van der Waals surface area contributed by atoms with Gasteiger partial charge in [0.25, 0.3) is 0 Å². The van der Waals surface area contributed by atoms with Gasteiger partial charge in [0.1, 0.15) is 11.8 Å². The van der Waals surface area contributed by atoms with Crippen molar-refractivity contribution in [2.45, 2.75) is 12.8 Å². The van der Waals surface area contributed by atoms with E-state index >= 15 is 0 Å². The number of halogens is 3. The maximum Gasteiger partial charge on any atom is 0.573 e. The average Bonchev–Trinajstić information content (AvgIpc) is 2.14. The highest BCUT2D eigenvalue weighted by Gasteiger charge is 2.32. The number of alkyl halides is 3. The van der Waals surface area contributed by atoms with Gasteiger partial charge in [0.2, 0.25) is 0 Å². The number of hydrogen-bond donors (Lipinski definition) is 1. The summed E-state index contributed by atoms with van der Waals surface area (Å²) in [6.45, 7) is 0. The number of hydrogen-bond acceptors (Lipinski definition) is 3. The molecular formula is C10H6F3NO3. The van der Waals surface area contributed by atoms with E-state index in [-0.39, 0.29) is 11.1 Å². The Bertz CT molecular complexity index is 477. The molecule has 17 heavy (non-hydrogen) atoms. The van der Waals surface area contributed by atoms with Crippen LogP contribution in [0.4, 0.5) is 13.2 Å². The van der Waals surface area contributed by atoms with Crippen molar-refractivity contribution >= 4 is 5.97 Å². The van der Waals surface area contributed by atoms with E-state index in [4.69, 9.17) is 10.4 Å². The van der Waals surface area contributed by atoms with Gasteiger partial charge in [0, 0.05) is 0 Å². The monoisotopic (exact) mass is 245 g/mol. The second-order valence-corrected chi connectivity index (χ2v) is 3.06. The van der Waals surface area contributed by atoms with Crippen LogP contribution in [0.5, 0.6) is 5.75 Å². The highest BCUT2D eigenvalue weighted by atomic mass is 19.4. The van der Waals surface area contributed by atoms with Crippen molar-refractivity contribution in [2.24, 2.45) is 0 Å². The molecule has 0 fully saturated rings. The molecule has 0 unspecified atom stereocenters. The van der Waals surface area contributed by atoms with Gasteiger partial charge in [-0.05, 0) is 17.7 Å². The highest BCUT2D eigenvalue weighted by Crippen LogP contribution is 2.27. The Morgan fingerprint density at radius 2 is 2.12 bits per heavy atom. The van der Waals surface area contributed by atoms with E-state index < -0.39 is 24.5 Å². The van der Waals surface area contributed by atoms with E-state index in [1.54, 1.807) is 0 Å². The number of rotatable bonds is 3. The van der Waals surface area contributed by atoms with E-state index in [1.165, 1.54) is 12.1 Å². The van der Waals surface area contributed by atoms with Gasteiger partial charge in [-0.25, -0.2) is 0 Å². The van der Waals surface area contributed by atoms with Crippen LogP contribution >= 0.6 is 0 Å². The normalized spacial score (nSPS) is 10.7. The first-order valence-electron chi connectivity index (χ1n) is 4.32. The average molecular weight is 245 g/mol. The Kier molecular flexibility index (Phi) is 3.58. The maximum absolute atomic E-state index is 12.0. The van der Waals surface area contributed by atoms with Gasteiger partial charge in [-0.3, -0.25) is 4.79 Å². The lowest BCUT2D eigenvalue weighted by Crippen LogP contribution is -2.18. The van der Waals surface area contributed by atoms with Crippen molar-refractivity contribution in [3.8, 4) is 11.8 Å². The van der Waals surface area contributed by atoms with Crippen molar-refractivity contribution in [2.75, 3.05) is 0 Å². The van der Waals surface area contributed by atoms with E-state index in [9.17, 15) is 18.0 Å². The molecule has 0 aliphatic rings. The minimum atomic E-state index is -4.92. The van der Waals surface area contributed by atoms with Crippen molar-refractivity contribution in [1.29, 1.82) is 5.26 Å². The van der Waals surface area contributed by atoms with Gasteiger partial charge >= 0.3 is 12.3 Å². The zero-order valence-electron chi connectivity index (χ0n) is 8.28. The second kappa shape index (κ2) is 4.74. The lowest BCUT2D eigenvalue weighted by atomic mass is 10.1. The summed E-state index contributed by atoms with van der Waals surface area (Å²) in [6, 6.07) is 4.76. The van der Waals surface area contributed by atoms with Crippen LogP contribution in [0.25, 0.3) is 0 Å². The number of carbonyl (C=O) groups is 1. The fraction of sp³-hybridized carbons (Fsp3) is 0.200. The molecular weight excluding hydrogens is 239 g/mol. The molecule has 0 saturated carbocycles. The summed E-state index contributed by atoms with van der Waals surface area (Å²) < 4.78 is 39.6. The first kappa shape index (κ1) is 12.8. The molecule has 0 radical (unpaired) electrons. The maximum atomic E-state index is 12.0. The first-order valence-corrected chi connectivity index (χ1v) is 4.32. The molecule has 0 aliphatic carbocycles. The third-order valence-corrected chi connectivity index (χ3v) is 1.75. The fourth-order valence-corrected chi connectivity index (χ4v) is 1.15. The molecule has 1 N–H and O–H groups in total. The molecule has 0 heterocycles. The van der Waals surface area contributed by atoms with E-state index in [0.717, 1.165) is 12.1 Å². The second-order valence-electron chi connectivity index (χ2n) is 3.06. The summed E-state index contributed by atoms with van der Waals surface area (Å²) in [5.41, 5.74) is -0.188. The number of benzene rings is 1. The lowest BCUT2D eigenvalue weighted by molar-refractivity contribution is -0.274. The molecule has 0 spiro atoms. The topological polar surface area (TPSA) is 70.3 Å². The Morgan fingerprint density at radius 1 is 1.47 bits per heavy atom. The number of ether oxygens (including phenoxy) is 1. The Balaban J connectivity index is 3.07. The van der Waals surface area contributed by atoms with Gasteiger partial charge in [0.05, 0.1) is 12.0 Å². The van der Waals surface area contributed by atoms with Gasteiger partial charge in [-0.1, -0.05) is 6.07 Å². The SMILES string of the molecule is N#Cc1ccc(CC(=O)O)cc1OC(F)(F)F. The molecule has 1 rings (SSSR count). The molecule has 0 amide bonds. The fourth-order valence-electron chi connectivity index (χ4n) is 1.15. The zero-order chi connectivity index (χ0) is 13.1. The van der Waals surface area contributed by atoms with Crippen LogP contribution in [0.15, 0.2) is 18.2 Å². The molecule has 0 aromatic heterocycles. The minimum absolute atomic E-state index is 0.121. The number of carboxylic acid groups (broad SMARTS) is 1. The molecule has 0 saturated heterocycles. The Morgan fingerprint density at radius 3 is 2.59 bits per heavy atom. The standard InChI is InChI=1S/C10H6F3NO3/c11-10(12,13)17-8-3-6(4-9(15)16)1-2-7(8)5-14/h1-3H,4H2,(H,15,16). The molecule has 0 atom stereocenters. The van der Waals surface area contributed by atoms with Gasteiger partial charge in [-0.2, -0.15) is 5.26 Å². The van der Waals surface area contributed by atoms with Gasteiger partial charge in [-0.15, -0.1) is 13.2 Å². The lowest BCUT2D eigenvalue weighted by Gasteiger charge is -2.11. The van der Waals surface area contributed by atoms with Gasteiger partial charge < -0.3 is 9.84 Å². The molecule has 7 heteroatoms. The third-order valence-electron chi connectivity index (χ3n) is 1.75. The molecule has 1 aromatic carbocycles. The Hall–Kier alpha value is -2.23. The van der Waals surface area contributed by atoms with Crippen molar-refractivity contribution in [3.05, 3.63) is 29.3 Å². The third kappa shape index (κ3) is 4.03. The number of carboxylic acids is 1. The number of nitriles is 1. The van der Waals surface area contributed by atoms with Crippen LogP contribution < -0.4 is 4.74 Å². The highest BCUT2D eigenvalue weighted by molar-refractivity contribution is 5.70. The van der Waals surface area contributed by atoms with Crippen LogP contribution in [-0.2, 0) is 11.2 Å². The van der Waals surface area contributed by atoms with Crippen LogP contribution in [-0.4, -0.2) is 17.4 Å². The quantitative estimate of drug-likeness (QED) is 0.885. The van der Waals surface area contributed by atoms with Crippen LogP contribution in [0.1, 0.15) is 11.1 Å². The van der Waals surface area contributed by atoms with Crippen molar-refractivity contribution < 1.29 is 27.8 Å². The van der Waals surface area contributed by atoms with E-state index in [2.05, 4.69) is 4.74 Å². The summed E-state index contributed by atoms with van der Waals surface area (Å²) >= 11 is 0. The first-order chi connectivity index (χ1) is 7.81. The van der Waals surface area contributed by atoms with Crippen LogP contribution in [0, 0.1) is 11.3 Å². The Labute approximate surface area is 93.8 Å². The van der Waals surface area contributed by atoms with Gasteiger partial charge in [0.15, 0.2) is 0 Å². The van der Waals surface area contributed by atoms with Crippen LogP contribution in [0.3, 0.4) is 0 Å². The van der Waals surface area contributed by atoms with Crippen molar-refractivity contribution in [3.63, 3.8) is 0 Å².